The quantitative estimate of drug-likeness (QED) is 0.665. The Morgan fingerprint density at radius 1 is 1.22 bits per heavy atom. The van der Waals surface area contributed by atoms with Gasteiger partial charge >= 0.3 is 5.97 Å². The number of amides is 1. The van der Waals surface area contributed by atoms with E-state index in [-0.39, 0.29) is 17.7 Å². The minimum absolute atomic E-state index is 0.0311. The van der Waals surface area contributed by atoms with Gasteiger partial charge in [0.1, 0.15) is 0 Å². The molecular formula is C13H24N2O3. The number of aliphatic carboxylic acids is 1. The standard InChI is InChI=1S/C13H24N2O3/c1-15(2)8-4-3-7-14-12(16)10-5-6-11(9-10)13(17)18/h10-11H,3-9H2,1-2H3,(H,14,16)(H,17,18)/t10-,11+/m1/s1. The lowest BCUT2D eigenvalue weighted by atomic mass is 10.0. The van der Waals surface area contributed by atoms with Gasteiger partial charge in [-0.1, -0.05) is 0 Å². The second-order valence-electron chi connectivity index (χ2n) is 5.35. The highest BCUT2D eigenvalue weighted by molar-refractivity contribution is 5.80. The van der Waals surface area contributed by atoms with E-state index in [4.69, 9.17) is 5.11 Å². The van der Waals surface area contributed by atoms with Gasteiger partial charge in [-0.3, -0.25) is 9.59 Å². The van der Waals surface area contributed by atoms with Crippen molar-refractivity contribution in [2.75, 3.05) is 27.2 Å². The number of nitrogens with one attached hydrogen (secondary N) is 1. The van der Waals surface area contributed by atoms with Crippen LogP contribution in [0.15, 0.2) is 0 Å². The maximum atomic E-state index is 11.8. The highest BCUT2D eigenvalue weighted by Gasteiger charge is 2.33. The fraction of sp³-hybridized carbons (Fsp3) is 0.846. The Labute approximate surface area is 109 Å². The van der Waals surface area contributed by atoms with Crippen molar-refractivity contribution in [2.24, 2.45) is 11.8 Å². The van der Waals surface area contributed by atoms with Gasteiger partial charge in [0, 0.05) is 12.5 Å². The van der Waals surface area contributed by atoms with Crippen LogP contribution in [-0.4, -0.2) is 49.1 Å². The van der Waals surface area contributed by atoms with E-state index >= 15 is 0 Å². The van der Waals surface area contributed by atoms with Crippen LogP contribution in [0.25, 0.3) is 0 Å². The first-order valence-electron chi connectivity index (χ1n) is 6.66. The summed E-state index contributed by atoms with van der Waals surface area (Å²) in [6, 6.07) is 0. The van der Waals surface area contributed by atoms with E-state index in [1.54, 1.807) is 0 Å². The second-order valence-corrected chi connectivity index (χ2v) is 5.35. The largest absolute Gasteiger partial charge is 0.481 e. The van der Waals surface area contributed by atoms with E-state index in [2.05, 4.69) is 10.2 Å². The Morgan fingerprint density at radius 2 is 1.89 bits per heavy atom. The maximum absolute atomic E-state index is 11.8. The molecule has 1 amide bonds. The molecule has 2 N–H and O–H groups in total. The van der Waals surface area contributed by atoms with Crippen LogP contribution < -0.4 is 5.32 Å². The van der Waals surface area contributed by atoms with Crippen molar-refractivity contribution >= 4 is 11.9 Å². The van der Waals surface area contributed by atoms with Crippen LogP contribution >= 0.6 is 0 Å². The van der Waals surface area contributed by atoms with Crippen LogP contribution in [0, 0.1) is 11.8 Å². The van der Waals surface area contributed by atoms with Crippen LogP contribution in [0.2, 0.25) is 0 Å². The molecule has 1 fully saturated rings. The number of unbranched alkanes of at least 4 members (excludes halogenated alkanes) is 1. The van der Waals surface area contributed by atoms with Crippen LogP contribution in [-0.2, 0) is 9.59 Å². The maximum Gasteiger partial charge on any atom is 0.306 e. The summed E-state index contributed by atoms with van der Waals surface area (Å²) in [5.41, 5.74) is 0. The lowest BCUT2D eigenvalue weighted by Crippen LogP contribution is -2.31. The minimum Gasteiger partial charge on any atom is -0.481 e. The normalized spacial score (nSPS) is 23.3. The van der Waals surface area contributed by atoms with Gasteiger partial charge < -0.3 is 15.3 Å². The van der Waals surface area contributed by atoms with Gasteiger partial charge in [0.05, 0.1) is 5.92 Å². The van der Waals surface area contributed by atoms with Crippen molar-refractivity contribution in [1.29, 1.82) is 0 Å². The average molecular weight is 256 g/mol. The third-order valence-electron chi connectivity index (χ3n) is 3.48. The third-order valence-corrected chi connectivity index (χ3v) is 3.48. The van der Waals surface area contributed by atoms with Crippen LogP contribution in [0.3, 0.4) is 0 Å². The lowest BCUT2D eigenvalue weighted by molar-refractivity contribution is -0.141. The highest BCUT2D eigenvalue weighted by Crippen LogP contribution is 2.30. The first-order valence-corrected chi connectivity index (χ1v) is 6.66. The molecule has 2 atom stereocenters. The number of rotatable bonds is 7. The van der Waals surface area contributed by atoms with Crippen molar-refractivity contribution in [3.63, 3.8) is 0 Å². The van der Waals surface area contributed by atoms with E-state index in [1.165, 1.54) is 0 Å². The first kappa shape index (κ1) is 15.0. The Morgan fingerprint density at radius 3 is 2.44 bits per heavy atom. The lowest BCUT2D eigenvalue weighted by Gasteiger charge is -2.12. The van der Waals surface area contributed by atoms with Gasteiger partial charge in [-0.05, 0) is 52.7 Å². The van der Waals surface area contributed by atoms with Crippen LogP contribution in [0.5, 0.6) is 0 Å². The van der Waals surface area contributed by atoms with Gasteiger partial charge in [-0.25, -0.2) is 0 Å². The summed E-state index contributed by atoms with van der Waals surface area (Å²) in [4.78, 5) is 24.7. The Balaban J connectivity index is 2.12. The molecule has 0 unspecified atom stereocenters. The molecule has 0 bridgehead atoms. The molecule has 1 aliphatic carbocycles. The average Bonchev–Trinajstić information content (AvgIpc) is 2.77. The zero-order valence-corrected chi connectivity index (χ0v) is 11.3. The van der Waals surface area contributed by atoms with Crippen molar-refractivity contribution in [3.05, 3.63) is 0 Å². The Kier molecular flexibility index (Phi) is 6.12. The predicted molar refractivity (Wildman–Crippen MR) is 69.3 cm³/mol. The summed E-state index contributed by atoms with van der Waals surface area (Å²) in [6.45, 7) is 1.72. The van der Waals surface area contributed by atoms with Gasteiger partial charge in [0.15, 0.2) is 0 Å². The van der Waals surface area contributed by atoms with Crippen molar-refractivity contribution in [1.82, 2.24) is 10.2 Å². The molecule has 1 rings (SSSR count). The fourth-order valence-corrected chi connectivity index (χ4v) is 2.35. The molecule has 0 saturated heterocycles. The summed E-state index contributed by atoms with van der Waals surface area (Å²) < 4.78 is 0. The summed E-state index contributed by atoms with van der Waals surface area (Å²) in [5, 5.41) is 11.8. The molecule has 5 nitrogen and oxygen atoms in total. The first-order chi connectivity index (χ1) is 8.50. The summed E-state index contributed by atoms with van der Waals surface area (Å²) in [5.74, 6) is -1.16. The van der Waals surface area contributed by atoms with Gasteiger partial charge in [-0.15, -0.1) is 0 Å². The number of nitrogens with zero attached hydrogens (tertiary/aromatic N) is 1. The number of carbonyl (C=O) groups excluding carboxylic acids is 1. The van der Waals surface area contributed by atoms with Gasteiger partial charge in [0.2, 0.25) is 5.91 Å². The van der Waals surface area contributed by atoms with E-state index in [0.29, 0.717) is 25.8 Å². The molecule has 0 aliphatic heterocycles. The molecule has 0 aromatic rings. The molecule has 1 saturated carbocycles. The highest BCUT2D eigenvalue weighted by atomic mass is 16.4. The summed E-state index contributed by atoms with van der Waals surface area (Å²) in [7, 11) is 4.06. The predicted octanol–water partition coefficient (Wildman–Crippen LogP) is 0.945. The number of hydrogen-bond acceptors (Lipinski definition) is 3. The number of carbonyl (C=O) groups is 2. The van der Waals surface area contributed by atoms with E-state index in [1.807, 2.05) is 14.1 Å². The zero-order valence-electron chi connectivity index (χ0n) is 11.3. The molecule has 0 spiro atoms. The molecule has 0 aromatic carbocycles. The van der Waals surface area contributed by atoms with Crippen molar-refractivity contribution in [2.45, 2.75) is 32.1 Å². The van der Waals surface area contributed by atoms with Crippen molar-refractivity contribution < 1.29 is 14.7 Å². The zero-order chi connectivity index (χ0) is 13.5. The second kappa shape index (κ2) is 7.36. The molecule has 104 valence electrons. The minimum atomic E-state index is -0.767. The molecule has 5 heteroatoms. The fourth-order valence-electron chi connectivity index (χ4n) is 2.35. The summed E-state index contributed by atoms with van der Waals surface area (Å²) >= 11 is 0. The van der Waals surface area contributed by atoms with Gasteiger partial charge in [-0.2, -0.15) is 0 Å². The number of hydrogen-bond donors (Lipinski definition) is 2. The molecule has 18 heavy (non-hydrogen) atoms. The van der Waals surface area contributed by atoms with E-state index in [9.17, 15) is 9.59 Å². The van der Waals surface area contributed by atoms with E-state index < -0.39 is 5.97 Å². The van der Waals surface area contributed by atoms with Crippen LogP contribution in [0.1, 0.15) is 32.1 Å². The summed E-state index contributed by atoms with van der Waals surface area (Å²) in [6.07, 6.45) is 3.88. The Bertz CT molecular complexity index is 292. The van der Waals surface area contributed by atoms with E-state index in [0.717, 1.165) is 19.4 Å². The van der Waals surface area contributed by atoms with Gasteiger partial charge in [0.25, 0.3) is 0 Å². The molecular weight excluding hydrogens is 232 g/mol. The Hall–Kier alpha value is -1.10. The monoisotopic (exact) mass is 256 g/mol. The molecule has 0 aromatic heterocycles. The number of carboxylic acid groups (broad SMARTS) is 1. The SMILES string of the molecule is CN(C)CCCCNC(=O)[C@@H]1CC[C@H](C(=O)O)C1. The number of carboxylic acids is 1. The van der Waals surface area contributed by atoms with Crippen LogP contribution in [0.4, 0.5) is 0 Å². The molecule has 0 heterocycles. The smallest absolute Gasteiger partial charge is 0.306 e. The molecule has 1 aliphatic rings. The third kappa shape index (κ3) is 5.04. The van der Waals surface area contributed by atoms with Crippen molar-refractivity contribution in [3.8, 4) is 0 Å². The topological polar surface area (TPSA) is 69.6 Å². The molecule has 0 radical (unpaired) electrons.